The molecular formula is C11H19NO4S2. The van der Waals surface area contributed by atoms with Gasteiger partial charge in [-0.25, -0.2) is 13.1 Å². The molecule has 1 aromatic rings. The van der Waals surface area contributed by atoms with Crippen molar-refractivity contribution in [2.45, 2.75) is 37.1 Å². The van der Waals surface area contributed by atoms with E-state index >= 15 is 0 Å². The molecule has 0 aliphatic rings. The minimum atomic E-state index is -3.53. The maximum Gasteiger partial charge on any atom is 0.250 e. The molecule has 0 fully saturated rings. The number of aliphatic hydroxyl groups excluding tert-OH is 1. The van der Waals surface area contributed by atoms with Crippen LogP contribution in [0, 0.1) is 6.92 Å². The molecule has 1 unspecified atom stereocenters. The van der Waals surface area contributed by atoms with Crippen LogP contribution in [0.4, 0.5) is 0 Å². The zero-order valence-electron chi connectivity index (χ0n) is 10.8. The van der Waals surface area contributed by atoms with Crippen molar-refractivity contribution in [3.05, 3.63) is 16.5 Å². The lowest BCUT2D eigenvalue weighted by Crippen LogP contribution is -2.37. The van der Waals surface area contributed by atoms with Crippen molar-refractivity contribution in [3.8, 4) is 0 Å². The van der Waals surface area contributed by atoms with Crippen LogP contribution >= 0.6 is 11.3 Å². The van der Waals surface area contributed by atoms with Gasteiger partial charge in [0.05, 0.1) is 13.2 Å². The van der Waals surface area contributed by atoms with Crippen molar-refractivity contribution in [1.29, 1.82) is 0 Å². The van der Waals surface area contributed by atoms with Gasteiger partial charge in [0, 0.05) is 18.0 Å². The molecule has 0 amide bonds. The second kappa shape index (κ2) is 6.63. The molecule has 1 heterocycles. The van der Waals surface area contributed by atoms with Crippen LogP contribution < -0.4 is 4.72 Å². The quantitative estimate of drug-likeness (QED) is 0.793. The molecule has 18 heavy (non-hydrogen) atoms. The van der Waals surface area contributed by atoms with Crippen molar-refractivity contribution >= 4 is 21.4 Å². The van der Waals surface area contributed by atoms with Gasteiger partial charge >= 0.3 is 0 Å². The molecule has 0 radical (unpaired) electrons. The van der Waals surface area contributed by atoms with E-state index in [1.807, 2.05) is 6.92 Å². The monoisotopic (exact) mass is 293 g/mol. The van der Waals surface area contributed by atoms with E-state index < -0.39 is 10.0 Å². The first-order valence-corrected chi connectivity index (χ1v) is 7.96. The molecule has 0 aromatic carbocycles. The number of aliphatic hydroxyl groups is 1. The number of thiophene rings is 1. The summed E-state index contributed by atoms with van der Waals surface area (Å²) in [7, 11) is -1.99. The molecule has 5 nitrogen and oxygen atoms in total. The Kier molecular flexibility index (Phi) is 5.74. The lowest BCUT2D eigenvalue weighted by atomic mass is 10.3. The molecule has 2 N–H and O–H groups in total. The van der Waals surface area contributed by atoms with Gasteiger partial charge in [0.25, 0.3) is 0 Å². The average molecular weight is 293 g/mol. The first-order valence-electron chi connectivity index (χ1n) is 5.66. The number of nitrogens with one attached hydrogen (secondary N) is 1. The van der Waals surface area contributed by atoms with Crippen LogP contribution in [-0.2, 0) is 21.4 Å². The molecule has 7 heteroatoms. The van der Waals surface area contributed by atoms with Crippen LogP contribution in [0.5, 0.6) is 0 Å². The summed E-state index contributed by atoms with van der Waals surface area (Å²) < 4.78 is 32.0. The van der Waals surface area contributed by atoms with Crippen LogP contribution in [-0.4, -0.2) is 33.3 Å². The summed E-state index contributed by atoms with van der Waals surface area (Å²) >= 11 is 1.10. The summed E-state index contributed by atoms with van der Waals surface area (Å²) in [6.45, 7) is 3.88. The first kappa shape index (κ1) is 15.6. The van der Waals surface area contributed by atoms with E-state index in [1.54, 1.807) is 13.0 Å². The molecule has 0 aliphatic heterocycles. The normalized spacial score (nSPS) is 13.8. The maximum absolute atomic E-state index is 12.1. The number of hydrogen-bond acceptors (Lipinski definition) is 5. The Balaban J connectivity index is 2.91. The highest BCUT2D eigenvalue weighted by molar-refractivity contribution is 7.91. The maximum atomic E-state index is 12.1. The molecule has 104 valence electrons. The Morgan fingerprint density at radius 3 is 2.67 bits per heavy atom. The Bertz CT molecular complexity index is 481. The molecule has 0 aliphatic carbocycles. The van der Waals surface area contributed by atoms with Crippen LogP contribution in [0.1, 0.15) is 23.8 Å². The minimum Gasteiger partial charge on any atom is -0.391 e. The zero-order chi connectivity index (χ0) is 13.8. The highest BCUT2D eigenvalue weighted by Gasteiger charge is 2.22. The zero-order valence-corrected chi connectivity index (χ0v) is 12.4. The molecule has 1 aromatic heterocycles. The van der Waals surface area contributed by atoms with Crippen molar-refractivity contribution in [2.24, 2.45) is 0 Å². The summed E-state index contributed by atoms with van der Waals surface area (Å²) in [6, 6.07) is 1.35. The fourth-order valence-electron chi connectivity index (χ4n) is 1.49. The number of sulfonamides is 1. The van der Waals surface area contributed by atoms with Gasteiger partial charge in [-0.2, -0.15) is 0 Å². The van der Waals surface area contributed by atoms with Crippen molar-refractivity contribution in [2.75, 3.05) is 13.7 Å². The predicted octanol–water partition coefficient (Wildman–Crippen LogP) is 1.25. The van der Waals surface area contributed by atoms with E-state index in [1.165, 1.54) is 7.11 Å². The SMILES string of the molecule is CCC(COC)NS(=O)(=O)c1cc(C)c(CO)s1. The molecule has 1 atom stereocenters. The molecule has 1 rings (SSSR count). The van der Waals surface area contributed by atoms with Gasteiger partial charge in [0.15, 0.2) is 0 Å². The van der Waals surface area contributed by atoms with Crippen LogP contribution in [0.15, 0.2) is 10.3 Å². The van der Waals surface area contributed by atoms with E-state index in [0.717, 1.165) is 16.9 Å². The molecule has 0 saturated heterocycles. The second-order valence-corrected chi connectivity index (χ2v) is 7.09. The number of hydrogen-bond donors (Lipinski definition) is 2. The Labute approximate surface area is 112 Å². The summed E-state index contributed by atoms with van der Waals surface area (Å²) in [4.78, 5) is 0.676. The largest absolute Gasteiger partial charge is 0.391 e. The third kappa shape index (κ3) is 3.76. The van der Waals surface area contributed by atoms with E-state index in [2.05, 4.69) is 4.72 Å². The Morgan fingerprint density at radius 2 is 2.22 bits per heavy atom. The van der Waals surface area contributed by atoms with Crippen LogP contribution in [0.3, 0.4) is 0 Å². The Hall–Kier alpha value is -0.470. The summed E-state index contributed by atoms with van der Waals surface area (Å²) in [5.41, 5.74) is 0.794. The topological polar surface area (TPSA) is 75.6 Å². The van der Waals surface area contributed by atoms with Gasteiger partial charge in [-0.15, -0.1) is 11.3 Å². The molecular weight excluding hydrogens is 274 g/mol. The highest BCUT2D eigenvalue weighted by atomic mass is 32.2. The third-order valence-corrected chi connectivity index (χ3v) is 5.80. The van der Waals surface area contributed by atoms with Crippen LogP contribution in [0.25, 0.3) is 0 Å². The third-order valence-electron chi connectivity index (χ3n) is 2.59. The van der Waals surface area contributed by atoms with E-state index in [0.29, 0.717) is 17.9 Å². The average Bonchev–Trinajstić information content (AvgIpc) is 2.70. The fraction of sp³-hybridized carbons (Fsp3) is 0.636. The van der Waals surface area contributed by atoms with Crippen molar-refractivity contribution in [3.63, 3.8) is 0 Å². The number of ether oxygens (including phenoxy) is 1. The van der Waals surface area contributed by atoms with Gasteiger partial charge in [-0.05, 0) is 25.0 Å². The highest BCUT2D eigenvalue weighted by Crippen LogP contribution is 2.26. The standard InChI is InChI=1S/C11H19NO4S2/c1-4-9(7-16-3)12-18(14,15)11-5-8(2)10(6-13)17-11/h5,9,12-13H,4,6-7H2,1-3H3. The van der Waals surface area contributed by atoms with Gasteiger partial charge in [0.1, 0.15) is 4.21 Å². The van der Waals surface area contributed by atoms with Crippen LogP contribution in [0.2, 0.25) is 0 Å². The van der Waals surface area contributed by atoms with Gasteiger partial charge in [0.2, 0.25) is 10.0 Å². The smallest absolute Gasteiger partial charge is 0.250 e. The number of methoxy groups -OCH3 is 1. The number of rotatable bonds is 7. The first-order chi connectivity index (χ1) is 8.44. The second-order valence-electron chi connectivity index (χ2n) is 4.01. The fourth-order valence-corrected chi connectivity index (χ4v) is 4.26. The van der Waals surface area contributed by atoms with E-state index in [9.17, 15) is 8.42 Å². The molecule has 0 saturated carbocycles. The van der Waals surface area contributed by atoms with E-state index in [4.69, 9.17) is 9.84 Å². The lowest BCUT2D eigenvalue weighted by molar-refractivity contribution is 0.173. The summed E-state index contributed by atoms with van der Waals surface area (Å²) in [6.07, 6.45) is 0.657. The van der Waals surface area contributed by atoms with E-state index in [-0.39, 0.29) is 16.9 Å². The molecule has 0 spiro atoms. The Morgan fingerprint density at radius 1 is 1.56 bits per heavy atom. The minimum absolute atomic E-state index is 0.138. The van der Waals surface area contributed by atoms with Crippen molar-refractivity contribution in [1.82, 2.24) is 4.72 Å². The predicted molar refractivity (Wildman–Crippen MR) is 71.3 cm³/mol. The molecule has 0 bridgehead atoms. The van der Waals surface area contributed by atoms with Gasteiger partial charge in [-0.1, -0.05) is 6.92 Å². The van der Waals surface area contributed by atoms with Gasteiger partial charge in [-0.3, -0.25) is 0 Å². The number of aryl methyl sites for hydroxylation is 1. The lowest BCUT2D eigenvalue weighted by Gasteiger charge is -2.15. The summed E-state index contributed by atoms with van der Waals surface area (Å²) in [5.74, 6) is 0. The van der Waals surface area contributed by atoms with Crippen molar-refractivity contribution < 1.29 is 18.3 Å². The van der Waals surface area contributed by atoms with Gasteiger partial charge < -0.3 is 9.84 Å². The summed E-state index contributed by atoms with van der Waals surface area (Å²) in [5, 5.41) is 9.08.